The number of carbonyl (C=O) groups is 2. The molecule has 2 aromatic rings. The van der Waals surface area contributed by atoms with E-state index in [0.29, 0.717) is 23.7 Å². The third-order valence-electron chi connectivity index (χ3n) is 4.48. The van der Waals surface area contributed by atoms with Crippen LogP contribution in [-0.2, 0) is 9.59 Å². The highest BCUT2D eigenvalue weighted by Gasteiger charge is 2.15. The van der Waals surface area contributed by atoms with Crippen LogP contribution in [0, 0.1) is 0 Å². The Bertz CT molecular complexity index is 766. The fourth-order valence-corrected chi connectivity index (χ4v) is 3.08. The molecule has 27 heavy (non-hydrogen) atoms. The van der Waals surface area contributed by atoms with Crippen LogP contribution in [0.4, 0.5) is 17.1 Å². The van der Waals surface area contributed by atoms with Gasteiger partial charge in [-0.3, -0.25) is 9.59 Å². The second-order valence-electron chi connectivity index (χ2n) is 6.46. The van der Waals surface area contributed by atoms with Gasteiger partial charge in [-0.2, -0.15) is 0 Å². The first-order chi connectivity index (χ1) is 13.2. The van der Waals surface area contributed by atoms with Crippen molar-refractivity contribution >= 4 is 28.9 Å². The summed E-state index contributed by atoms with van der Waals surface area (Å²) in [7, 11) is 0. The summed E-state index contributed by atoms with van der Waals surface area (Å²) in [4.78, 5) is 26.5. The Morgan fingerprint density at radius 2 is 1.37 bits per heavy atom. The second kappa shape index (κ2) is 9.07. The van der Waals surface area contributed by atoms with Crippen molar-refractivity contribution in [3.05, 3.63) is 48.5 Å². The quantitative estimate of drug-likeness (QED) is 0.792. The Balaban J connectivity index is 1.53. The summed E-state index contributed by atoms with van der Waals surface area (Å²) >= 11 is 0. The number of amides is 2. The molecule has 1 fully saturated rings. The monoisotopic (exact) mass is 367 g/mol. The smallest absolute Gasteiger partial charge is 0.314 e. The Morgan fingerprint density at radius 1 is 0.852 bits per heavy atom. The molecular formula is C21H25N3O3. The Kier molecular flexibility index (Phi) is 6.30. The van der Waals surface area contributed by atoms with E-state index in [2.05, 4.69) is 15.5 Å². The molecule has 1 heterocycles. The van der Waals surface area contributed by atoms with Crippen LogP contribution in [0.3, 0.4) is 0 Å². The van der Waals surface area contributed by atoms with Crippen LogP contribution >= 0.6 is 0 Å². The molecule has 1 saturated heterocycles. The van der Waals surface area contributed by atoms with Gasteiger partial charge >= 0.3 is 11.8 Å². The van der Waals surface area contributed by atoms with E-state index in [-0.39, 0.29) is 0 Å². The molecule has 0 saturated carbocycles. The van der Waals surface area contributed by atoms with Crippen molar-refractivity contribution in [2.45, 2.75) is 26.2 Å². The van der Waals surface area contributed by atoms with Crippen LogP contribution < -0.4 is 20.3 Å². The molecular weight excluding hydrogens is 342 g/mol. The van der Waals surface area contributed by atoms with Gasteiger partial charge in [0.25, 0.3) is 0 Å². The van der Waals surface area contributed by atoms with Gasteiger partial charge in [-0.15, -0.1) is 0 Å². The van der Waals surface area contributed by atoms with E-state index in [1.54, 1.807) is 24.3 Å². The normalized spacial score (nSPS) is 13.7. The van der Waals surface area contributed by atoms with Gasteiger partial charge in [0.15, 0.2) is 0 Å². The number of ether oxygens (including phenoxy) is 1. The number of benzene rings is 2. The summed E-state index contributed by atoms with van der Waals surface area (Å²) in [6, 6.07) is 14.5. The highest BCUT2D eigenvalue weighted by Crippen LogP contribution is 2.22. The Morgan fingerprint density at radius 3 is 1.89 bits per heavy atom. The fourth-order valence-electron chi connectivity index (χ4n) is 3.08. The lowest BCUT2D eigenvalue weighted by molar-refractivity contribution is -0.132. The van der Waals surface area contributed by atoms with E-state index in [4.69, 9.17) is 4.74 Å². The summed E-state index contributed by atoms with van der Waals surface area (Å²) < 4.78 is 5.35. The molecule has 142 valence electrons. The van der Waals surface area contributed by atoms with Crippen molar-refractivity contribution in [1.82, 2.24) is 0 Å². The highest BCUT2D eigenvalue weighted by atomic mass is 16.5. The maximum Gasteiger partial charge on any atom is 0.314 e. The molecule has 3 rings (SSSR count). The first-order valence-corrected chi connectivity index (χ1v) is 9.36. The van der Waals surface area contributed by atoms with Crippen molar-refractivity contribution in [2.24, 2.45) is 0 Å². The molecule has 0 aliphatic carbocycles. The number of piperidine rings is 1. The third-order valence-corrected chi connectivity index (χ3v) is 4.48. The van der Waals surface area contributed by atoms with E-state index in [1.807, 2.05) is 31.2 Å². The lowest BCUT2D eigenvalue weighted by atomic mass is 10.1. The van der Waals surface area contributed by atoms with E-state index in [9.17, 15) is 9.59 Å². The Labute approximate surface area is 159 Å². The predicted octanol–water partition coefficient (Wildman–Crippen LogP) is 3.65. The van der Waals surface area contributed by atoms with Gasteiger partial charge in [-0.05, 0) is 74.7 Å². The molecule has 6 heteroatoms. The first-order valence-electron chi connectivity index (χ1n) is 9.36. The van der Waals surface area contributed by atoms with Crippen LogP contribution in [0.1, 0.15) is 26.2 Å². The zero-order chi connectivity index (χ0) is 19.1. The molecule has 1 aliphatic heterocycles. The average Bonchev–Trinajstić information content (AvgIpc) is 2.71. The van der Waals surface area contributed by atoms with Gasteiger partial charge in [0.2, 0.25) is 0 Å². The van der Waals surface area contributed by atoms with E-state index >= 15 is 0 Å². The van der Waals surface area contributed by atoms with Crippen LogP contribution in [0.2, 0.25) is 0 Å². The van der Waals surface area contributed by atoms with Crippen molar-refractivity contribution < 1.29 is 14.3 Å². The molecule has 0 bridgehead atoms. The molecule has 0 radical (unpaired) electrons. The van der Waals surface area contributed by atoms with Crippen LogP contribution in [0.25, 0.3) is 0 Å². The van der Waals surface area contributed by atoms with Crippen LogP contribution in [-0.4, -0.2) is 31.5 Å². The minimum atomic E-state index is -0.709. The summed E-state index contributed by atoms with van der Waals surface area (Å²) in [5.74, 6) is -0.692. The summed E-state index contributed by atoms with van der Waals surface area (Å²) in [5, 5.41) is 5.21. The minimum absolute atomic E-state index is 0.541. The van der Waals surface area contributed by atoms with Gasteiger partial charge in [0.05, 0.1) is 6.61 Å². The van der Waals surface area contributed by atoms with Crippen molar-refractivity contribution in [1.29, 1.82) is 0 Å². The predicted molar refractivity (Wildman–Crippen MR) is 107 cm³/mol. The van der Waals surface area contributed by atoms with Crippen molar-refractivity contribution in [3.8, 4) is 5.75 Å². The summed E-state index contributed by atoms with van der Waals surface area (Å²) in [5.41, 5.74) is 2.29. The van der Waals surface area contributed by atoms with Crippen molar-refractivity contribution in [3.63, 3.8) is 0 Å². The molecule has 1 aliphatic rings. The minimum Gasteiger partial charge on any atom is -0.494 e. The molecule has 0 aromatic heterocycles. The summed E-state index contributed by atoms with van der Waals surface area (Å²) in [6.07, 6.45) is 3.71. The number of nitrogens with one attached hydrogen (secondary N) is 2. The lowest BCUT2D eigenvalue weighted by Crippen LogP contribution is -2.30. The Hall–Kier alpha value is -3.02. The van der Waals surface area contributed by atoms with Gasteiger partial charge in [-0.25, -0.2) is 0 Å². The van der Waals surface area contributed by atoms with Gasteiger partial charge in [-0.1, -0.05) is 0 Å². The first kappa shape index (κ1) is 18.8. The maximum absolute atomic E-state index is 12.1. The maximum atomic E-state index is 12.1. The standard InChI is InChI=1S/C21H25N3O3/c1-2-27-19-12-8-17(9-13-19)23-21(26)20(25)22-16-6-10-18(11-7-16)24-14-4-3-5-15-24/h6-13H,2-5,14-15H2,1H3,(H,22,25)(H,23,26). The number of carbonyl (C=O) groups excluding carboxylic acids is 2. The number of hydrogen-bond acceptors (Lipinski definition) is 4. The van der Waals surface area contributed by atoms with Crippen molar-refractivity contribution in [2.75, 3.05) is 35.2 Å². The number of rotatable bonds is 5. The SMILES string of the molecule is CCOc1ccc(NC(=O)C(=O)Nc2ccc(N3CCCCC3)cc2)cc1. The molecule has 0 spiro atoms. The molecule has 0 atom stereocenters. The van der Waals surface area contributed by atoms with Gasteiger partial charge < -0.3 is 20.3 Å². The zero-order valence-electron chi connectivity index (χ0n) is 15.5. The average molecular weight is 367 g/mol. The second-order valence-corrected chi connectivity index (χ2v) is 6.46. The third kappa shape index (κ3) is 5.23. The molecule has 2 amide bonds. The lowest BCUT2D eigenvalue weighted by Gasteiger charge is -2.28. The number of anilines is 3. The molecule has 2 N–H and O–H groups in total. The van der Waals surface area contributed by atoms with Gasteiger partial charge in [0, 0.05) is 30.2 Å². The zero-order valence-corrected chi connectivity index (χ0v) is 15.5. The van der Waals surface area contributed by atoms with Crippen LogP contribution in [0.15, 0.2) is 48.5 Å². The molecule has 0 unspecified atom stereocenters. The van der Waals surface area contributed by atoms with E-state index < -0.39 is 11.8 Å². The van der Waals surface area contributed by atoms with Gasteiger partial charge in [0.1, 0.15) is 5.75 Å². The topological polar surface area (TPSA) is 70.7 Å². The highest BCUT2D eigenvalue weighted by molar-refractivity contribution is 6.43. The largest absolute Gasteiger partial charge is 0.494 e. The number of nitrogens with zero attached hydrogens (tertiary/aromatic N) is 1. The molecule has 6 nitrogen and oxygen atoms in total. The summed E-state index contributed by atoms with van der Waals surface area (Å²) in [6.45, 7) is 4.61. The number of hydrogen-bond donors (Lipinski definition) is 2. The van der Waals surface area contributed by atoms with E-state index in [1.165, 1.54) is 19.3 Å². The molecule has 2 aromatic carbocycles. The van der Waals surface area contributed by atoms with Crippen LogP contribution in [0.5, 0.6) is 5.75 Å². The fraction of sp³-hybridized carbons (Fsp3) is 0.333. The van der Waals surface area contributed by atoms with E-state index in [0.717, 1.165) is 18.8 Å².